The third kappa shape index (κ3) is 3.55. The molecule has 140 valence electrons. The minimum Gasteiger partial charge on any atom is -0.393 e. The standard InChI is InChI=1S/C20H21ClN4O2/c1-24(12-13-5-3-2-4-6-13)19-10-18(21)23-20-15(11-22-25(19)20)17(27)9-14-7-8-16(14)26/h2-6,10-11,14,16,26H,7-9,12H2,1H3/t14?,16-/m1/s1. The van der Waals surface area contributed by atoms with Gasteiger partial charge >= 0.3 is 0 Å². The van der Waals surface area contributed by atoms with Gasteiger partial charge in [-0.2, -0.15) is 9.61 Å². The van der Waals surface area contributed by atoms with Crippen LogP contribution in [-0.2, 0) is 6.54 Å². The van der Waals surface area contributed by atoms with Crippen LogP contribution < -0.4 is 4.90 Å². The topological polar surface area (TPSA) is 70.7 Å². The third-order valence-corrected chi connectivity index (χ3v) is 5.39. The number of carbonyl (C=O) groups excluding carboxylic acids is 1. The highest BCUT2D eigenvalue weighted by Gasteiger charge is 2.32. The van der Waals surface area contributed by atoms with E-state index >= 15 is 0 Å². The number of aromatic nitrogens is 3. The van der Waals surface area contributed by atoms with Crippen LogP contribution in [0.3, 0.4) is 0 Å². The van der Waals surface area contributed by atoms with Crippen molar-refractivity contribution >= 4 is 28.8 Å². The molecule has 1 fully saturated rings. The van der Waals surface area contributed by atoms with Crippen LogP contribution in [0.1, 0.15) is 35.2 Å². The lowest BCUT2D eigenvalue weighted by atomic mass is 9.78. The van der Waals surface area contributed by atoms with E-state index in [1.165, 1.54) is 0 Å². The van der Waals surface area contributed by atoms with Crippen molar-refractivity contribution in [3.8, 4) is 0 Å². The van der Waals surface area contributed by atoms with E-state index in [4.69, 9.17) is 11.6 Å². The Balaban J connectivity index is 1.64. The molecule has 2 aromatic heterocycles. The molecule has 3 aromatic rings. The van der Waals surface area contributed by atoms with Gasteiger partial charge in [0.1, 0.15) is 11.0 Å². The minimum absolute atomic E-state index is 0.0341. The van der Waals surface area contributed by atoms with Gasteiger partial charge in [0, 0.05) is 26.1 Å². The molecule has 0 radical (unpaired) electrons. The molecule has 1 aromatic carbocycles. The summed E-state index contributed by atoms with van der Waals surface area (Å²) in [7, 11) is 1.95. The van der Waals surface area contributed by atoms with E-state index in [9.17, 15) is 9.90 Å². The van der Waals surface area contributed by atoms with Gasteiger partial charge in [0.25, 0.3) is 0 Å². The number of aliphatic hydroxyl groups excluding tert-OH is 1. The van der Waals surface area contributed by atoms with Crippen molar-refractivity contribution in [2.45, 2.75) is 31.9 Å². The SMILES string of the molecule is CN(Cc1ccccc1)c1cc(Cl)nc2c(C(=O)CC3CC[C@H]3O)cnn12. The lowest BCUT2D eigenvalue weighted by Crippen LogP contribution is -2.32. The van der Waals surface area contributed by atoms with Crippen LogP contribution in [0.5, 0.6) is 0 Å². The van der Waals surface area contributed by atoms with E-state index in [1.807, 2.05) is 30.1 Å². The first kappa shape index (κ1) is 17.9. The first-order chi connectivity index (χ1) is 13.0. The molecular formula is C20H21ClN4O2. The largest absolute Gasteiger partial charge is 0.393 e. The van der Waals surface area contributed by atoms with Crippen LogP contribution in [0, 0.1) is 5.92 Å². The van der Waals surface area contributed by atoms with Crippen molar-refractivity contribution in [2.24, 2.45) is 5.92 Å². The summed E-state index contributed by atoms with van der Waals surface area (Å²) in [6, 6.07) is 11.8. The molecule has 4 rings (SSSR count). The number of rotatable bonds is 6. The zero-order valence-electron chi connectivity index (χ0n) is 15.0. The summed E-state index contributed by atoms with van der Waals surface area (Å²) in [5.41, 5.74) is 2.06. The van der Waals surface area contributed by atoms with Crippen LogP contribution >= 0.6 is 11.6 Å². The third-order valence-electron chi connectivity index (χ3n) is 5.20. The number of fused-ring (bicyclic) bond motifs is 1. The Kier molecular flexibility index (Phi) is 4.85. The summed E-state index contributed by atoms with van der Waals surface area (Å²) >= 11 is 6.24. The molecule has 6 nitrogen and oxygen atoms in total. The summed E-state index contributed by atoms with van der Waals surface area (Å²) in [5.74, 6) is 0.739. The summed E-state index contributed by atoms with van der Waals surface area (Å²) in [6.07, 6.45) is 3.13. The Hall–Kier alpha value is -2.44. The fraction of sp³-hybridized carbons (Fsp3) is 0.350. The van der Waals surface area contributed by atoms with Gasteiger partial charge in [0.05, 0.1) is 17.9 Å². The minimum atomic E-state index is -0.375. The maximum atomic E-state index is 12.7. The lowest BCUT2D eigenvalue weighted by Gasteiger charge is -2.31. The average Bonchev–Trinajstić information content (AvgIpc) is 3.08. The van der Waals surface area contributed by atoms with Crippen LogP contribution in [0.25, 0.3) is 5.65 Å². The van der Waals surface area contributed by atoms with E-state index in [0.717, 1.165) is 24.2 Å². The van der Waals surface area contributed by atoms with Gasteiger partial charge in [-0.05, 0) is 24.3 Å². The summed E-state index contributed by atoms with van der Waals surface area (Å²) in [4.78, 5) is 19.0. The second-order valence-corrected chi connectivity index (χ2v) is 7.49. The number of nitrogens with zero attached hydrogens (tertiary/aromatic N) is 4. The maximum absolute atomic E-state index is 12.7. The molecule has 0 spiro atoms. The lowest BCUT2D eigenvalue weighted by molar-refractivity contribution is 0.0199. The van der Waals surface area contributed by atoms with Gasteiger partial charge in [0.15, 0.2) is 11.4 Å². The number of carbonyl (C=O) groups is 1. The molecule has 1 unspecified atom stereocenters. The normalized spacial score (nSPS) is 19.1. The van der Waals surface area contributed by atoms with E-state index in [-0.39, 0.29) is 17.8 Å². The smallest absolute Gasteiger partial charge is 0.169 e. The fourth-order valence-corrected chi connectivity index (χ4v) is 3.64. The second-order valence-electron chi connectivity index (χ2n) is 7.10. The Bertz CT molecular complexity index is 973. The number of aliphatic hydroxyl groups is 1. The monoisotopic (exact) mass is 384 g/mol. The highest BCUT2D eigenvalue weighted by Crippen LogP contribution is 2.32. The van der Waals surface area contributed by atoms with Gasteiger partial charge in [-0.1, -0.05) is 41.9 Å². The Morgan fingerprint density at radius 2 is 2.11 bits per heavy atom. The molecule has 1 aliphatic carbocycles. The second kappa shape index (κ2) is 7.29. The van der Waals surface area contributed by atoms with Crippen LogP contribution in [0.15, 0.2) is 42.6 Å². The number of benzene rings is 1. The highest BCUT2D eigenvalue weighted by molar-refractivity contribution is 6.29. The van der Waals surface area contributed by atoms with Crippen molar-refractivity contribution in [1.82, 2.24) is 14.6 Å². The Morgan fingerprint density at radius 3 is 2.78 bits per heavy atom. The fourth-order valence-electron chi connectivity index (χ4n) is 3.46. The predicted molar refractivity (Wildman–Crippen MR) is 104 cm³/mol. The molecule has 0 bridgehead atoms. The van der Waals surface area contributed by atoms with Crippen molar-refractivity contribution < 1.29 is 9.90 Å². The molecule has 2 heterocycles. The van der Waals surface area contributed by atoms with E-state index in [2.05, 4.69) is 22.2 Å². The Labute approximate surface area is 162 Å². The van der Waals surface area contributed by atoms with Gasteiger partial charge < -0.3 is 10.0 Å². The van der Waals surface area contributed by atoms with Crippen molar-refractivity contribution in [1.29, 1.82) is 0 Å². The molecule has 1 N–H and O–H groups in total. The predicted octanol–water partition coefficient (Wildman–Crippen LogP) is 3.36. The summed E-state index contributed by atoms with van der Waals surface area (Å²) in [6.45, 7) is 0.674. The zero-order valence-corrected chi connectivity index (χ0v) is 15.8. The average molecular weight is 385 g/mol. The maximum Gasteiger partial charge on any atom is 0.169 e. The highest BCUT2D eigenvalue weighted by atomic mass is 35.5. The molecule has 0 saturated heterocycles. The van der Waals surface area contributed by atoms with Crippen LogP contribution in [-0.4, -0.2) is 38.6 Å². The molecule has 27 heavy (non-hydrogen) atoms. The molecular weight excluding hydrogens is 364 g/mol. The first-order valence-corrected chi connectivity index (χ1v) is 9.41. The Morgan fingerprint density at radius 1 is 1.33 bits per heavy atom. The first-order valence-electron chi connectivity index (χ1n) is 9.03. The number of ketones is 1. The van der Waals surface area contributed by atoms with Gasteiger partial charge in [0.2, 0.25) is 0 Å². The van der Waals surface area contributed by atoms with Gasteiger partial charge in [-0.3, -0.25) is 4.79 Å². The van der Waals surface area contributed by atoms with Crippen molar-refractivity contribution in [3.63, 3.8) is 0 Å². The van der Waals surface area contributed by atoms with E-state index < -0.39 is 0 Å². The number of halogens is 1. The number of hydrogen-bond acceptors (Lipinski definition) is 5. The van der Waals surface area contributed by atoms with E-state index in [1.54, 1.807) is 16.8 Å². The quantitative estimate of drug-likeness (QED) is 0.521. The molecule has 0 aliphatic heterocycles. The zero-order chi connectivity index (χ0) is 19.0. The molecule has 1 aliphatic rings. The van der Waals surface area contributed by atoms with Crippen molar-refractivity contribution in [3.05, 3.63) is 58.9 Å². The molecule has 1 saturated carbocycles. The molecule has 2 atom stereocenters. The molecule has 7 heteroatoms. The summed E-state index contributed by atoms with van der Waals surface area (Å²) in [5, 5.41) is 14.5. The number of hydrogen-bond donors (Lipinski definition) is 1. The number of anilines is 1. The van der Waals surface area contributed by atoms with Crippen molar-refractivity contribution in [2.75, 3.05) is 11.9 Å². The molecule has 0 amide bonds. The van der Waals surface area contributed by atoms with Gasteiger partial charge in [-0.15, -0.1) is 0 Å². The van der Waals surface area contributed by atoms with Crippen LogP contribution in [0.2, 0.25) is 5.15 Å². The van der Waals surface area contributed by atoms with Crippen LogP contribution in [0.4, 0.5) is 5.82 Å². The van der Waals surface area contributed by atoms with E-state index in [0.29, 0.717) is 29.3 Å². The van der Waals surface area contributed by atoms with Gasteiger partial charge in [-0.25, -0.2) is 4.98 Å². The summed E-state index contributed by atoms with van der Waals surface area (Å²) < 4.78 is 1.65. The number of Topliss-reactive ketones (excluding diaryl/α,β-unsaturated/α-hetero) is 1.